The Kier molecular flexibility index (Phi) is 2.11. The molecule has 2 heteroatoms. The van der Waals surface area contributed by atoms with Crippen molar-refractivity contribution in [2.24, 2.45) is 0 Å². The van der Waals surface area contributed by atoms with Crippen molar-refractivity contribution in [3.05, 3.63) is 12.3 Å². The highest BCUT2D eigenvalue weighted by Gasteiger charge is 2.11. The number of hydrogen-bond donors (Lipinski definition) is 1. The molecule has 1 N–H and O–H groups in total. The summed E-state index contributed by atoms with van der Waals surface area (Å²) in [5, 5.41) is 2.22. The Balaban J connectivity index is 2.28. The van der Waals surface area contributed by atoms with Crippen molar-refractivity contribution < 1.29 is 0 Å². The van der Waals surface area contributed by atoms with Gasteiger partial charge in [-0.05, 0) is 19.4 Å². The summed E-state index contributed by atoms with van der Waals surface area (Å²) in [5.74, 6) is 0. The molecule has 0 bridgehead atoms. The van der Waals surface area contributed by atoms with Gasteiger partial charge in [0, 0.05) is 18.8 Å². The van der Waals surface area contributed by atoms with Crippen LogP contribution in [-0.4, -0.2) is 17.6 Å². The third-order valence-corrected chi connectivity index (χ3v) is 1.57. The van der Waals surface area contributed by atoms with Crippen LogP contribution in [0.25, 0.3) is 0 Å². The quantitative estimate of drug-likeness (QED) is 0.596. The van der Waals surface area contributed by atoms with Crippen molar-refractivity contribution in [2.75, 3.05) is 6.54 Å². The lowest BCUT2D eigenvalue weighted by Gasteiger charge is -2.19. The molecule has 0 aromatic carbocycles. The molecule has 0 fully saturated rings. The van der Waals surface area contributed by atoms with E-state index < -0.39 is 0 Å². The van der Waals surface area contributed by atoms with E-state index in [1.165, 1.54) is 6.42 Å². The Labute approximate surface area is 56.5 Å². The van der Waals surface area contributed by atoms with Crippen molar-refractivity contribution in [3.63, 3.8) is 0 Å². The van der Waals surface area contributed by atoms with Crippen LogP contribution in [0.4, 0.5) is 0 Å². The van der Waals surface area contributed by atoms with Crippen LogP contribution in [0.15, 0.2) is 12.3 Å². The second-order valence-electron chi connectivity index (χ2n) is 2.42. The summed E-state index contributed by atoms with van der Waals surface area (Å²) < 4.78 is 0. The van der Waals surface area contributed by atoms with E-state index >= 15 is 0 Å². The zero-order valence-corrected chi connectivity index (χ0v) is 6.09. The van der Waals surface area contributed by atoms with Crippen LogP contribution in [0.1, 0.15) is 20.3 Å². The second-order valence-corrected chi connectivity index (χ2v) is 2.42. The first-order chi connectivity index (χ1) is 4.34. The molecule has 0 aromatic heterocycles. The molecule has 9 heavy (non-hydrogen) atoms. The van der Waals surface area contributed by atoms with Crippen LogP contribution < -0.4 is 5.43 Å². The van der Waals surface area contributed by atoms with E-state index in [9.17, 15) is 0 Å². The Morgan fingerprint density at radius 2 is 2.44 bits per heavy atom. The first kappa shape index (κ1) is 6.62. The normalized spacial score (nSPS) is 26.7. The predicted molar refractivity (Wildman–Crippen MR) is 38.7 cm³/mol. The van der Waals surface area contributed by atoms with E-state index in [0.717, 1.165) is 6.54 Å². The van der Waals surface area contributed by atoms with E-state index in [2.05, 4.69) is 30.4 Å². The highest BCUT2D eigenvalue weighted by molar-refractivity contribution is 4.95. The average molecular weight is 126 g/mol. The lowest BCUT2D eigenvalue weighted by atomic mass is 10.3. The number of rotatable bonds is 2. The lowest BCUT2D eigenvalue weighted by molar-refractivity contribution is 0.212. The zero-order chi connectivity index (χ0) is 6.69. The largest absolute Gasteiger partial charge is 0.326 e. The predicted octanol–water partition coefficient (Wildman–Crippen LogP) is 1.12. The number of hydrazine groups is 1. The maximum atomic E-state index is 3.16. The summed E-state index contributed by atoms with van der Waals surface area (Å²) in [4.78, 5) is 0. The smallest absolute Gasteiger partial charge is 0.0459 e. The van der Waals surface area contributed by atoms with Crippen molar-refractivity contribution in [2.45, 2.75) is 26.3 Å². The SMILES string of the molecule is CCCN1NC=CC1C. The van der Waals surface area contributed by atoms with Gasteiger partial charge in [-0.15, -0.1) is 0 Å². The second kappa shape index (κ2) is 2.87. The van der Waals surface area contributed by atoms with Gasteiger partial charge in [0.2, 0.25) is 0 Å². The monoisotopic (exact) mass is 126 g/mol. The number of nitrogens with one attached hydrogen (secondary N) is 1. The number of hydrogen-bond acceptors (Lipinski definition) is 2. The fraction of sp³-hybridized carbons (Fsp3) is 0.714. The summed E-state index contributed by atoms with van der Waals surface area (Å²) in [6.07, 6.45) is 5.37. The minimum atomic E-state index is 0.574. The molecule has 0 spiro atoms. The molecule has 1 aliphatic heterocycles. The topological polar surface area (TPSA) is 15.3 Å². The summed E-state index contributed by atoms with van der Waals surface area (Å²) in [6.45, 7) is 5.51. The highest BCUT2D eigenvalue weighted by Crippen LogP contribution is 2.03. The Bertz CT molecular complexity index is 109. The highest BCUT2D eigenvalue weighted by atomic mass is 15.5. The molecule has 1 heterocycles. The minimum absolute atomic E-state index is 0.574. The van der Waals surface area contributed by atoms with Gasteiger partial charge in [0.05, 0.1) is 0 Å². The van der Waals surface area contributed by atoms with Gasteiger partial charge < -0.3 is 5.43 Å². The molecule has 0 aromatic rings. The van der Waals surface area contributed by atoms with Gasteiger partial charge in [0.25, 0.3) is 0 Å². The first-order valence-electron chi connectivity index (χ1n) is 3.54. The molecule has 1 unspecified atom stereocenters. The molecule has 1 aliphatic rings. The van der Waals surface area contributed by atoms with Crippen LogP contribution in [0.3, 0.4) is 0 Å². The average Bonchev–Trinajstić information content (AvgIpc) is 2.18. The molecule has 0 saturated heterocycles. The molecule has 52 valence electrons. The van der Waals surface area contributed by atoms with E-state index in [-0.39, 0.29) is 0 Å². The van der Waals surface area contributed by atoms with E-state index in [4.69, 9.17) is 0 Å². The van der Waals surface area contributed by atoms with Crippen molar-refractivity contribution in [1.82, 2.24) is 10.4 Å². The summed E-state index contributed by atoms with van der Waals surface area (Å²) in [7, 11) is 0. The van der Waals surface area contributed by atoms with Gasteiger partial charge in [-0.2, -0.15) is 0 Å². The standard InChI is InChI=1S/C7H14N2/c1-3-6-9-7(2)4-5-8-9/h4-5,7-8H,3,6H2,1-2H3. The fourth-order valence-electron chi connectivity index (χ4n) is 1.01. The van der Waals surface area contributed by atoms with Gasteiger partial charge in [-0.1, -0.05) is 6.92 Å². The third kappa shape index (κ3) is 1.45. The Morgan fingerprint density at radius 3 is 2.89 bits per heavy atom. The summed E-state index contributed by atoms with van der Waals surface area (Å²) in [6, 6.07) is 0.574. The zero-order valence-electron chi connectivity index (χ0n) is 6.09. The lowest BCUT2D eigenvalue weighted by Crippen LogP contribution is -2.36. The van der Waals surface area contributed by atoms with Crippen LogP contribution in [0.5, 0.6) is 0 Å². The van der Waals surface area contributed by atoms with Gasteiger partial charge in [-0.3, -0.25) is 0 Å². The minimum Gasteiger partial charge on any atom is -0.326 e. The van der Waals surface area contributed by atoms with Crippen LogP contribution in [-0.2, 0) is 0 Å². The molecule has 2 nitrogen and oxygen atoms in total. The Morgan fingerprint density at radius 1 is 1.67 bits per heavy atom. The maximum absolute atomic E-state index is 3.16. The fourth-order valence-corrected chi connectivity index (χ4v) is 1.01. The molecule has 1 rings (SSSR count). The maximum Gasteiger partial charge on any atom is 0.0459 e. The Hall–Kier alpha value is -0.500. The first-order valence-corrected chi connectivity index (χ1v) is 3.54. The van der Waals surface area contributed by atoms with Crippen LogP contribution in [0, 0.1) is 0 Å². The van der Waals surface area contributed by atoms with Gasteiger partial charge in [0.15, 0.2) is 0 Å². The van der Waals surface area contributed by atoms with Crippen molar-refractivity contribution in [3.8, 4) is 0 Å². The van der Waals surface area contributed by atoms with Crippen molar-refractivity contribution in [1.29, 1.82) is 0 Å². The molecule has 1 atom stereocenters. The summed E-state index contributed by atoms with van der Waals surface area (Å²) >= 11 is 0. The van der Waals surface area contributed by atoms with Crippen LogP contribution >= 0.6 is 0 Å². The molecular formula is C7H14N2. The van der Waals surface area contributed by atoms with Crippen LogP contribution in [0.2, 0.25) is 0 Å². The number of nitrogens with zero attached hydrogens (tertiary/aromatic N) is 1. The van der Waals surface area contributed by atoms with E-state index in [1.807, 2.05) is 6.20 Å². The molecule has 0 radical (unpaired) electrons. The van der Waals surface area contributed by atoms with Gasteiger partial charge in [0.1, 0.15) is 0 Å². The van der Waals surface area contributed by atoms with Gasteiger partial charge in [-0.25, -0.2) is 5.01 Å². The third-order valence-electron chi connectivity index (χ3n) is 1.57. The summed E-state index contributed by atoms with van der Waals surface area (Å²) in [5.41, 5.74) is 3.16. The molecular weight excluding hydrogens is 112 g/mol. The molecule has 0 amide bonds. The van der Waals surface area contributed by atoms with Crippen molar-refractivity contribution >= 4 is 0 Å². The van der Waals surface area contributed by atoms with E-state index in [0.29, 0.717) is 6.04 Å². The van der Waals surface area contributed by atoms with E-state index in [1.54, 1.807) is 0 Å². The molecule has 0 aliphatic carbocycles. The molecule has 0 saturated carbocycles. The van der Waals surface area contributed by atoms with Gasteiger partial charge >= 0.3 is 0 Å².